The van der Waals surface area contributed by atoms with Crippen LogP contribution >= 0.6 is 0 Å². The molecule has 0 fully saturated rings. The van der Waals surface area contributed by atoms with Crippen molar-refractivity contribution < 1.29 is 9.15 Å². The van der Waals surface area contributed by atoms with Crippen molar-refractivity contribution in [1.82, 2.24) is 4.57 Å². The van der Waals surface area contributed by atoms with Crippen LogP contribution in [-0.4, -0.2) is 22.6 Å². The van der Waals surface area contributed by atoms with Gasteiger partial charge in [0.25, 0.3) is 0 Å². The van der Waals surface area contributed by atoms with Gasteiger partial charge >= 0.3 is 0 Å². The van der Waals surface area contributed by atoms with Crippen LogP contribution in [0.5, 0.6) is 0 Å². The van der Waals surface area contributed by atoms with Crippen LogP contribution < -0.4 is 0 Å². The number of para-hydroxylation sites is 1. The Labute approximate surface area is 281 Å². The van der Waals surface area contributed by atoms with E-state index in [1.165, 1.54) is 32.4 Å². The van der Waals surface area contributed by atoms with Crippen LogP contribution in [-0.2, 0) is 4.74 Å². The van der Waals surface area contributed by atoms with Gasteiger partial charge in [-0.3, -0.25) is 0 Å². The average molecular weight is 629 g/mol. The normalized spacial score (nSPS) is 17.3. The molecule has 7 aromatic carbocycles. The molecule has 0 bridgehead atoms. The van der Waals surface area contributed by atoms with E-state index < -0.39 is 0 Å². The highest BCUT2D eigenvalue weighted by Crippen LogP contribution is 2.43. The van der Waals surface area contributed by atoms with Crippen LogP contribution in [0, 0.1) is 0 Å². The van der Waals surface area contributed by atoms with Crippen LogP contribution in [0.25, 0.3) is 76.5 Å². The molecule has 2 aliphatic rings. The topological polar surface area (TPSA) is 39.7 Å². The Morgan fingerprint density at radius 1 is 0.592 bits per heavy atom. The fourth-order valence-electron chi connectivity index (χ4n) is 8.00. The highest BCUT2D eigenvalue weighted by Gasteiger charge is 2.32. The largest absolute Gasteiger partial charge is 0.467 e. The molecule has 2 aromatic heterocycles. The average Bonchev–Trinajstić information content (AvgIpc) is 3.86. The molecule has 0 radical (unpaired) electrons. The minimum atomic E-state index is -0.192. The van der Waals surface area contributed by atoms with Gasteiger partial charge in [-0.05, 0) is 52.8 Å². The monoisotopic (exact) mass is 628 g/mol. The maximum absolute atomic E-state index is 6.80. The summed E-state index contributed by atoms with van der Waals surface area (Å²) >= 11 is 0. The molecule has 0 N–H and O–H groups in total. The zero-order valence-corrected chi connectivity index (χ0v) is 26.4. The first-order valence-electron chi connectivity index (χ1n) is 16.8. The van der Waals surface area contributed by atoms with Gasteiger partial charge in [0.2, 0.25) is 5.90 Å². The number of hydrogen-bond acceptors (Lipinski definition) is 3. The summed E-state index contributed by atoms with van der Waals surface area (Å²) in [5.41, 5.74) is 8.40. The molecule has 9 aromatic rings. The number of ether oxygens (including phenoxy) is 1. The molecule has 0 spiro atoms. The minimum Gasteiger partial charge on any atom is -0.467 e. The number of fused-ring (bicyclic) bond motifs is 11. The Bertz CT molecular complexity index is 2920. The van der Waals surface area contributed by atoms with Gasteiger partial charge in [-0.1, -0.05) is 115 Å². The maximum Gasteiger partial charge on any atom is 0.217 e. The first-order valence-corrected chi connectivity index (χ1v) is 16.8. The third kappa shape index (κ3) is 3.89. The molecule has 0 amide bonds. The molecule has 0 saturated carbocycles. The van der Waals surface area contributed by atoms with Crippen LogP contribution in [0.2, 0.25) is 0 Å². The molecule has 2 atom stereocenters. The third-order valence-corrected chi connectivity index (χ3v) is 10.3. The second-order valence-electron chi connectivity index (χ2n) is 13.0. The van der Waals surface area contributed by atoms with Crippen LogP contribution in [0.1, 0.15) is 11.1 Å². The number of allylic oxidation sites excluding steroid dienone is 2. The van der Waals surface area contributed by atoms with Gasteiger partial charge in [0.1, 0.15) is 23.3 Å². The van der Waals surface area contributed by atoms with E-state index in [1.54, 1.807) is 0 Å². The summed E-state index contributed by atoms with van der Waals surface area (Å²) in [6.45, 7) is 0. The number of aliphatic imine (C=N–C) groups is 1. The summed E-state index contributed by atoms with van der Waals surface area (Å²) in [5.74, 6) is 0.690. The Balaban J connectivity index is 1.21. The van der Waals surface area contributed by atoms with Crippen molar-refractivity contribution in [3.63, 3.8) is 0 Å². The third-order valence-electron chi connectivity index (χ3n) is 10.3. The Morgan fingerprint density at radius 3 is 2.16 bits per heavy atom. The summed E-state index contributed by atoms with van der Waals surface area (Å²) in [5, 5.41) is 9.36. The van der Waals surface area contributed by atoms with E-state index >= 15 is 0 Å². The van der Waals surface area contributed by atoms with Crippen molar-refractivity contribution in [2.24, 2.45) is 4.99 Å². The van der Waals surface area contributed by atoms with Gasteiger partial charge in [0, 0.05) is 49.5 Å². The van der Waals surface area contributed by atoms with Crippen molar-refractivity contribution in [3.05, 3.63) is 169 Å². The second kappa shape index (κ2) is 10.1. The number of aromatic nitrogens is 1. The Morgan fingerprint density at radius 2 is 1.31 bits per heavy atom. The predicted molar refractivity (Wildman–Crippen MR) is 202 cm³/mol. The highest BCUT2D eigenvalue weighted by atomic mass is 16.5. The maximum atomic E-state index is 6.80. The summed E-state index contributed by atoms with van der Waals surface area (Å²) in [6, 6.07) is 49.4. The van der Waals surface area contributed by atoms with Gasteiger partial charge < -0.3 is 13.7 Å². The fraction of sp³-hybridized carbons (Fsp3) is 0.0444. The minimum absolute atomic E-state index is 0.0653. The molecule has 4 nitrogen and oxygen atoms in total. The predicted octanol–water partition coefficient (Wildman–Crippen LogP) is 11.2. The number of furan rings is 1. The fourth-order valence-corrected chi connectivity index (χ4v) is 8.00. The second-order valence-corrected chi connectivity index (χ2v) is 13.0. The van der Waals surface area contributed by atoms with E-state index in [0.29, 0.717) is 5.90 Å². The Kier molecular flexibility index (Phi) is 5.47. The van der Waals surface area contributed by atoms with Gasteiger partial charge in [-0.25, -0.2) is 4.99 Å². The zero-order chi connectivity index (χ0) is 32.1. The van der Waals surface area contributed by atoms with E-state index in [1.807, 2.05) is 18.2 Å². The van der Waals surface area contributed by atoms with Crippen molar-refractivity contribution in [1.29, 1.82) is 0 Å². The number of hydrogen-bond donors (Lipinski definition) is 0. The SMILES string of the molecule is C1=CC2N=C(c3ccccc3)OC2C=C1c1cc2c(cc1-n1c3ccccc3c3ccc4ccccc4c31)oc1c3ccccc3ccc21. The molecule has 11 rings (SSSR count). The summed E-state index contributed by atoms with van der Waals surface area (Å²) in [6.07, 6.45) is 6.46. The molecular weight excluding hydrogens is 601 g/mol. The zero-order valence-electron chi connectivity index (χ0n) is 26.4. The molecule has 2 unspecified atom stereocenters. The summed E-state index contributed by atoms with van der Waals surface area (Å²) < 4.78 is 15.8. The molecule has 1 aliphatic heterocycles. The van der Waals surface area contributed by atoms with E-state index in [-0.39, 0.29) is 12.1 Å². The summed E-state index contributed by atoms with van der Waals surface area (Å²) in [7, 11) is 0. The van der Waals surface area contributed by atoms with E-state index in [2.05, 4.69) is 144 Å². The van der Waals surface area contributed by atoms with E-state index in [9.17, 15) is 0 Å². The first kappa shape index (κ1) is 26.7. The Hall–Kier alpha value is -6.39. The van der Waals surface area contributed by atoms with Crippen molar-refractivity contribution in [2.45, 2.75) is 12.1 Å². The molecule has 230 valence electrons. The van der Waals surface area contributed by atoms with Gasteiger partial charge in [-0.2, -0.15) is 0 Å². The molecular formula is C45H28N2O2. The van der Waals surface area contributed by atoms with Crippen molar-refractivity contribution in [2.75, 3.05) is 0 Å². The lowest BCUT2D eigenvalue weighted by molar-refractivity contribution is 0.256. The molecule has 49 heavy (non-hydrogen) atoms. The standard InChI is InChI=1S/C45H28N2O2/c1-2-12-29(13-3-1)45-46-38-23-20-30(24-42(38)49-45)36-25-37-35-22-19-28-11-5-7-15-32(28)44(35)48-41(37)26-40(36)47-39-17-9-8-16-33(39)34-21-18-27-10-4-6-14-31(27)43(34)47/h1-26,38,42H. The lowest BCUT2D eigenvalue weighted by atomic mass is 9.93. The quantitative estimate of drug-likeness (QED) is 0.195. The molecule has 4 heteroatoms. The summed E-state index contributed by atoms with van der Waals surface area (Å²) in [4.78, 5) is 4.95. The van der Waals surface area contributed by atoms with Crippen molar-refractivity contribution in [3.8, 4) is 5.69 Å². The van der Waals surface area contributed by atoms with Crippen LogP contribution in [0.3, 0.4) is 0 Å². The number of rotatable bonds is 3. The van der Waals surface area contributed by atoms with Gasteiger partial charge in [0.05, 0.1) is 16.7 Å². The van der Waals surface area contributed by atoms with E-state index in [0.717, 1.165) is 55.2 Å². The number of benzene rings is 7. The molecule has 1 aliphatic carbocycles. The van der Waals surface area contributed by atoms with Crippen molar-refractivity contribution >= 4 is 76.8 Å². The number of nitrogens with zero attached hydrogens (tertiary/aromatic N) is 2. The molecule has 3 heterocycles. The van der Waals surface area contributed by atoms with Gasteiger partial charge in [0.15, 0.2) is 0 Å². The molecule has 0 saturated heterocycles. The van der Waals surface area contributed by atoms with E-state index in [4.69, 9.17) is 14.1 Å². The van der Waals surface area contributed by atoms with Crippen LogP contribution in [0.4, 0.5) is 0 Å². The lowest BCUT2D eigenvalue weighted by Crippen LogP contribution is -2.21. The highest BCUT2D eigenvalue weighted by molar-refractivity contribution is 6.20. The smallest absolute Gasteiger partial charge is 0.217 e. The van der Waals surface area contributed by atoms with Crippen LogP contribution in [0.15, 0.2) is 167 Å². The van der Waals surface area contributed by atoms with Gasteiger partial charge in [-0.15, -0.1) is 0 Å². The lowest BCUT2D eigenvalue weighted by Gasteiger charge is -2.21. The first-order chi connectivity index (χ1) is 24.3.